The molecule has 0 saturated carbocycles. The van der Waals surface area contributed by atoms with Crippen molar-refractivity contribution in [1.29, 1.82) is 0 Å². The molecular formula is C13H18BrFN2. The Hall–Kier alpha value is -0.450. The summed E-state index contributed by atoms with van der Waals surface area (Å²) in [7, 11) is 0. The van der Waals surface area contributed by atoms with Crippen LogP contribution in [-0.2, 0) is 6.54 Å². The lowest BCUT2D eigenvalue weighted by atomic mass is 10.1. The zero-order chi connectivity index (χ0) is 12.3. The Balaban J connectivity index is 2.04. The predicted molar refractivity (Wildman–Crippen MR) is 71.8 cm³/mol. The normalized spacial score (nSPS) is 19.2. The molecule has 0 aromatic heterocycles. The molecule has 4 heteroatoms. The van der Waals surface area contributed by atoms with Crippen molar-refractivity contribution in [2.75, 3.05) is 26.2 Å². The summed E-state index contributed by atoms with van der Waals surface area (Å²) < 4.78 is 14.1. The maximum Gasteiger partial charge on any atom is 0.123 e. The lowest BCUT2D eigenvalue weighted by molar-refractivity contribution is 0.233. The van der Waals surface area contributed by atoms with E-state index in [0.29, 0.717) is 0 Å². The highest BCUT2D eigenvalue weighted by atomic mass is 79.9. The first-order valence-corrected chi connectivity index (χ1v) is 6.81. The van der Waals surface area contributed by atoms with Crippen molar-refractivity contribution in [2.45, 2.75) is 19.6 Å². The van der Waals surface area contributed by atoms with Gasteiger partial charge < -0.3 is 5.32 Å². The van der Waals surface area contributed by atoms with Crippen LogP contribution in [0.25, 0.3) is 0 Å². The molecule has 0 bridgehead atoms. The number of halogens is 2. The largest absolute Gasteiger partial charge is 0.314 e. The molecule has 1 saturated heterocycles. The number of alkyl halides is 1. The summed E-state index contributed by atoms with van der Waals surface area (Å²) in [6.07, 6.45) is -0.919. The molecule has 1 aliphatic rings. The van der Waals surface area contributed by atoms with Crippen LogP contribution in [0.1, 0.15) is 24.2 Å². The van der Waals surface area contributed by atoms with E-state index in [1.807, 2.05) is 18.2 Å². The van der Waals surface area contributed by atoms with Gasteiger partial charge in [0.2, 0.25) is 0 Å². The topological polar surface area (TPSA) is 15.3 Å². The maximum absolute atomic E-state index is 13.2. The van der Waals surface area contributed by atoms with Crippen molar-refractivity contribution >= 4 is 15.9 Å². The summed E-state index contributed by atoms with van der Waals surface area (Å²) in [5.74, 6) is 0. The molecule has 0 amide bonds. The minimum atomic E-state index is -0.919. The molecule has 17 heavy (non-hydrogen) atoms. The van der Waals surface area contributed by atoms with Crippen molar-refractivity contribution < 1.29 is 4.39 Å². The highest BCUT2D eigenvalue weighted by Crippen LogP contribution is 2.27. The number of hydrogen-bond acceptors (Lipinski definition) is 2. The summed E-state index contributed by atoms with van der Waals surface area (Å²) in [5.41, 5.74) is 1.97. The molecule has 0 radical (unpaired) electrons. The van der Waals surface area contributed by atoms with Gasteiger partial charge >= 0.3 is 0 Å². The quantitative estimate of drug-likeness (QED) is 0.923. The zero-order valence-corrected chi connectivity index (χ0v) is 11.6. The second kappa shape index (κ2) is 5.94. The second-order valence-corrected chi connectivity index (χ2v) is 5.35. The van der Waals surface area contributed by atoms with E-state index >= 15 is 0 Å². The molecule has 1 heterocycles. The average Bonchev–Trinajstić information content (AvgIpc) is 2.30. The van der Waals surface area contributed by atoms with Gasteiger partial charge in [0.25, 0.3) is 0 Å². The zero-order valence-electron chi connectivity index (χ0n) is 10.0. The van der Waals surface area contributed by atoms with Crippen LogP contribution < -0.4 is 5.32 Å². The van der Waals surface area contributed by atoms with Gasteiger partial charge in [-0.3, -0.25) is 4.90 Å². The molecule has 1 N–H and O–H groups in total. The summed E-state index contributed by atoms with van der Waals surface area (Å²) in [6.45, 7) is 6.79. The summed E-state index contributed by atoms with van der Waals surface area (Å²) in [6, 6.07) is 5.94. The van der Waals surface area contributed by atoms with Crippen LogP contribution in [0.3, 0.4) is 0 Å². The van der Waals surface area contributed by atoms with Gasteiger partial charge in [-0.1, -0.05) is 28.1 Å². The van der Waals surface area contributed by atoms with Crippen molar-refractivity contribution in [1.82, 2.24) is 10.2 Å². The molecule has 2 rings (SSSR count). The Morgan fingerprint density at radius 2 is 2.12 bits per heavy atom. The fourth-order valence-electron chi connectivity index (χ4n) is 2.12. The molecule has 0 spiro atoms. The summed E-state index contributed by atoms with van der Waals surface area (Å²) in [4.78, 5) is 2.41. The molecule has 1 atom stereocenters. The van der Waals surface area contributed by atoms with Crippen LogP contribution in [0.2, 0.25) is 0 Å². The minimum Gasteiger partial charge on any atom is -0.314 e. The van der Waals surface area contributed by atoms with Crippen LogP contribution in [0.5, 0.6) is 0 Å². The van der Waals surface area contributed by atoms with E-state index in [4.69, 9.17) is 0 Å². The number of nitrogens with zero attached hydrogens (tertiary/aromatic N) is 1. The van der Waals surface area contributed by atoms with Gasteiger partial charge in [0, 0.05) is 37.2 Å². The molecule has 0 aliphatic carbocycles. The van der Waals surface area contributed by atoms with Crippen LogP contribution >= 0.6 is 15.9 Å². The van der Waals surface area contributed by atoms with E-state index in [1.165, 1.54) is 5.56 Å². The van der Waals surface area contributed by atoms with E-state index in [1.54, 1.807) is 6.92 Å². The van der Waals surface area contributed by atoms with Crippen LogP contribution in [0.15, 0.2) is 22.7 Å². The van der Waals surface area contributed by atoms with E-state index in [0.717, 1.165) is 42.8 Å². The Labute approximate surface area is 110 Å². The SMILES string of the molecule is CC(F)c1ccc(CN2CCNCC2)cc1Br. The average molecular weight is 301 g/mol. The molecule has 1 fully saturated rings. The Morgan fingerprint density at radius 3 is 2.71 bits per heavy atom. The molecule has 1 aromatic rings. The second-order valence-electron chi connectivity index (χ2n) is 4.50. The van der Waals surface area contributed by atoms with Crippen LogP contribution in [0, 0.1) is 0 Å². The van der Waals surface area contributed by atoms with Gasteiger partial charge in [0.15, 0.2) is 0 Å². The highest BCUT2D eigenvalue weighted by Gasteiger charge is 2.12. The van der Waals surface area contributed by atoms with Gasteiger partial charge in [-0.15, -0.1) is 0 Å². The van der Waals surface area contributed by atoms with E-state index in [9.17, 15) is 4.39 Å². The summed E-state index contributed by atoms with van der Waals surface area (Å²) >= 11 is 3.44. The van der Waals surface area contributed by atoms with E-state index in [-0.39, 0.29) is 0 Å². The smallest absolute Gasteiger partial charge is 0.123 e. The lowest BCUT2D eigenvalue weighted by Gasteiger charge is -2.27. The first kappa shape index (κ1) is 13.0. The van der Waals surface area contributed by atoms with E-state index < -0.39 is 6.17 Å². The fourth-order valence-corrected chi connectivity index (χ4v) is 2.86. The Morgan fingerprint density at radius 1 is 1.41 bits per heavy atom. The van der Waals surface area contributed by atoms with Crippen molar-refractivity contribution in [3.63, 3.8) is 0 Å². The van der Waals surface area contributed by atoms with E-state index in [2.05, 4.69) is 26.1 Å². The molecule has 2 nitrogen and oxygen atoms in total. The third-order valence-electron chi connectivity index (χ3n) is 3.11. The van der Waals surface area contributed by atoms with Crippen molar-refractivity contribution in [2.24, 2.45) is 0 Å². The van der Waals surface area contributed by atoms with Crippen LogP contribution in [0.4, 0.5) is 4.39 Å². The molecule has 94 valence electrons. The Kier molecular flexibility index (Phi) is 4.54. The molecule has 1 aliphatic heterocycles. The predicted octanol–water partition coefficient (Wildman–Crippen LogP) is 2.88. The number of nitrogens with one attached hydrogen (secondary N) is 1. The van der Waals surface area contributed by atoms with Gasteiger partial charge in [-0.05, 0) is 24.1 Å². The van der Waals surface area contributed by atoms with Crippen molar-refractivity contribution in [3.8, 4) is 0 Å². The van der Waals surface area contributed by atoms with Gasteiger partial charge in [-0.25, -0.2) is 4.39 Å². The van der Waals surface area contributed by atoms with Gasteiger partial charge in [0.1, 0.15) is 6.17 Å². The minimum absolute atomic E-state index is 0.731. The third-order valence-corrected chi connectivity index (χ3v) is 3.80. The Bertz CT molecular complexity index is 376. The molecule has 1 aromatic carbocycles. The fraction of sp³-hybridized carbons (Fsp3) is 0.538. The van der Waals surface area contributed by atoms with Crippen molar-refractivity contribution in [3.05, 3.63) is 33.8 Å². The number of rotatable bonds is 3. The standard InChI is InChI=1S/C13H18BrFN2/c1-10(15)12-3-2-11(8-13(12)14)9-17-6-4-16-5-7-17/h2-3,8,10,16H,4-7,9H2,1H3. The monoisotopic (exact) mass is 300 g/mol. The first-order valence-electron chi connectivity index (χ1n) is 6.02. The number of piperazine rings is 1. The number of benzene rings is 1. The summed E-state index contributed by atoms with van der Waals surface area (Å²) in [5, 5.41) is 3.34. The lowest BCUT2D eigenvalue weighted by Crippen LogP contribution is -2.42. The van der Waals surface area contributed by atoms with Crippen LogP contribution in [-0.4, -0.2) is 31.1 Å². The molecular weight excluding hydrogens is 283 g/mol. The van der Waals surface area contributed by atoms with Gasteiger partial charge in [0.05, 0.1) is 0 Å². The van der Waals surface area contributed by atoms with Gasteiger partial charge in [-0.2, -0.15) is 0 Å². The number of hydrogen-bond donors (Lipinski definition) is 1. The first-order chi connectivity index (χ1) is 8.16. The maximum atomic E-state index is 13.2. The molecule has 1 unspecified atom stereocenters. The third kappa shape index (κ3) is 3.50. The highest BCUT2D eigenvalue weighted by molar-refractivity contribution is 9.10.